The number of ether oxygens (including phenoxy) is 1. The summed E-state index contributed by atoms with van der Waals surface area (Å²) in [6, 6.07) is 2.44. The lowest BCUT2D eigenvalue weighted by molar-refractivity contribution is 0.409. The fraction of sp³-hybridized carbons (Fsp3) is 0.143. The summed E-state index contributed by atoms with van der Waals surface area (Å²) in [4.78, 5) is -0.746. The molecule has 0 heterocycles. The van der Waals surface area contributed by atoms with E-state index in [4.69, 9.17) is 0 Å². The Bertz CT molecular complexity index is 414. The van der Waals surface area contributed by atoms with Crippen molar-refractivity contribution in [1.82, 2.24) is 0 Å². The third kappa shape index (κ3) is 2.38. The van der Waals surface area contributed by atoms with Crippen LogP contribution in [0.1, 0.15) is 0 Å². The zero-order valence-corrected chi connectivity index (χ0v) is 7.44. The molecule has 0 N–H and O–H groups in total. The molecule has 0 aliphatic carbocycles. The van der Waals surface area contributed by atoms with E-state index in [-0.39, 0.29) is 5.75 Å². The first kappa shape index (κ1) is 9.91. The SMILES string of the molecule is COc1cc(F)cc(S(=O)(=O)F)c1. The van der Waals surface area contributed by atoms with Crippen molar-refractivity contribution in [2.45, 2.75) is 4.90 Å². The highest BCUT2D eigenvalue weighted by atomic mass is 32.3. The summed E-state index contributed by atoms with van der Waals surface area (Å²) in [7, 11) is -3.65. The summed E-state index contributed by atoms with van der Waals surface area (Å²) < 4.78 is 50.3. The second-order valence-corrected chi connectivity index (χ2v) is 3.61. The van der Waals surface area contributed by atoms with Crippen molar-refractivity contribution < 1.29 is 21.4 Å². The predicted molar refractivity (Wildman–Crippen MR) is 41.2 cm³/mol. The molecule has 0 aromatic heterocycles. The van der Waals surface area contributed by atoms with Crippen molar-refractivity contribution in [3.8, 4) is 5.75 Å². The monoisotopic (exact) mass is 208 g/mol. The highest BCUT2D eigenvalue weighted by Gasteiger charge is 2.14. The average Bonchev–Trinajstić information content (AvgIpc) is 2.01. The standard InChI is InChI=1S/C7H6F2O3S/c1-12-6-2-5(8)3-7(4-6)13(9,10)11/h2-4H,1H3. The van der Waals surface area contributed by atoms with Gasteiger partial charge >= 0.3 is 10.2 Å². The number of hydrogen-bond acceptors (Lipinski definition) is 3. The van der Waals surface area contributed by atoms with Gasteiger partial charge in [0.15, 0.2) is 0 Å². The van der Waals surface area contributed by atoms with Gasteiger partial charge in [-0.15, -0.1) is 3.89 Å². The molecule has 1 aromatic rings. The van der Waals surface area contributed by atoms with E-state index in [1.54, 1.807) is 0 Å². The summed E-state index contributed by atoms with van der Waals surface area (Å²) in [5, 5.41) is 0. The summed E-state index contributed by atoms with van der Waals surface area (Å²) in [5.74, 6) is -0.910. The molecule has 0 saturated heterocycles. The first-order valence-corrected chi connectivity index (χ1v) is 4.61. The Morgan fingerprint density at radius 2 is 1.92 bits per heavy atom. The van der Waals surface area contributed by atoms with Crippen LogP contribution < -0.4 is 4.74 Å². The molecule has 1 rings (SSSR count). The van der Waals surface area contributed by atoms with Gasteiger partial charge in [0.2, 0.25) is 0 Å². The first-order chi connectivity index (χ1) is 5.93. The molecule has 0 amide bonds. The Balaban J connectivity index is 3.33. The van der Waals surface area contributed by atoms with E-state index in [0.29, 0.717) is 6.07 Å². The highest BCUT2D eigenvalue weighted by Crippen LogP contribution is 2.20. The normalized spacial score (nSPS) is 11.3. The second-order valence-electron chi connectivity index (χ2n) is 2.26. The van der Waals surface area contributed by atoms with Crippen LogP contribution in [0.4, 0.5) is 8.28 Å². The Kier molecular flexibility index (Phi) is 2.51. The third-order valence-electron chi connectivity index (χ3n) is 1.36. The number of hydrogen-bond donors (Lipinski definition) is 0. The van der Waals surface area contributed by atoms with E-state index in [1.165, 1.54) is 7.11 Å². The van der Waals surface area contributed by atoms with Crippen molar-refractivity contribution in [3.63, 3.8) is 0 Å². The van der Waals surface area contributed by atoms with Crippen LogP contribution in [0.2, 0.25) is 0 Å². The van der Waals surface area contributed by atoms with Gasteiger partial charge in [0.05, 0.1) is 7.11 Å². The molecular formula is C7H6F2O3S. The topological polar surface area (TPSA) is 43.4 Å². The molecule has 0 saturated carbocycles. The lowest BCUT2D eigenvalue weighted by Gasteiger charge is -2.01. The molecule has 72 valence electrons. The smallest absolute Gasteiger partial charge is 0.332 e. The summed E-state index contributed by atoms with van der Waals surface area (Å²) >= 11 is 0. The number of rotatable bonds is 2. The van der Waals surface area contributed by atoms with E-state index >= 15 is 0 Å². The Hall–Kier alpha value is -1.17. The molecule has 0 spiro atoms. The molecule has 6 heteroatoms. The Morgan fingerprint density at radius 3 is 2.38 bits per heavy atom. The van der Waals surface area contributed by atoms with Gasteiger partial charge < -0.3 is 4.74 Å². The molecule has 0 fully saturated rings. The van der Waals surface area contributed by atoms with Crippen molar-refractivity contribution >= 4 is 10.2 Å². The lowest BCUT2D eigenvalue weighted by Crippen LogP contribution is -1.94. The quantitative estimate of drug-likeness (QED) is 0.691. The summed E-state index contributed by atoms with van der Waals surface area (Å²) in [6.45, 7) is 0. The van der Waals surface area contributed by atoms with Crippen LogP contribution in [-0.2, 0) is 10.2 Å². The molecule has 0 bridgehead atoms. The van der Waals surface area contributed by atoms with Crippen LogP contribution in [-0.4, -0.2) is 15.5 Å². The Labute approximate surface area is 74.2 Å². The third-order valence-corrected chi connectivity index (χ3v) is 2.16. The van der Waals surface area contributed by atoms with E-state index in [2.05, 4.69) is 4.74 Å². The van der Waals surface area contributed by atoms with Crippen LogP contribution in [0.3, 0.4) is 0 Å². The molecule has 0 radical (unpaired) electrons. The average molecular weight is 208 g/mol. The molecule has 0 atom stereocenters. The maximum Gasteiger partial charge on any atom is 0.332 e. The van der Waals surface area contributed by atoms with Gasteiger partial charge in [-0.25, -0.2) is 4.39 Å². The maximum absolute atomic E-state index is 12.6. The van der Waals surface area contributed by atoms with Gasteiger partial charge in [-0.05, 0) is 6.07 Å². The molecule has 3 nitrogen and oxygen atoms in total. The molecule has 13 heavy (non-hydrogen) atoms. The molecule has 0 aliphatic rings. The van der Waals surface area contributed by atoms with Crippen LogP contribution in [0.15, 0.2) is 23.1 Å². The minimum Gasteiger partial charge on any atom is -0.497 e. The second kappa shape index (κ2) is 3.29. The molecule has 0 aliphatic heterocycles. The van der Waals surface area contributed by atoms with Gasteiger partial charge in [0.25, 0.3) is 0 Å². The minimum atomic E-state index is -4.88. The first-order valence-electron chi connectivity index (χ1n) is 3.23. The maximum atomic E-state index is 12.6. The lowest BCUT2D eigenvalue weighted by atomic mass is 10.3. The van der Waals surface area contributed by atoms with Crippen LogP contribution in [0, 0.1) is 5.82 Å². The minimum absolute atomic E-state index is 0.0452. The van der Waals surface area contributed by atoms with E-state index in [0.717, 1.165) is 12.1 Å². The van der Waals surface area contributed by atoms with Crippen LogP contribution >= 0.6 is 0 Å². The highest BCUT2D eigenvalue weighted by molar-refractivity contribution is 7.86. The van der Waals surface area contributed by atoms with Crippen molar-refractivity contribution in [2.75, 3.05) is 7.11 Å². The van der Waals surface area contributed by atoms with Gasteiger partial charge in [0, 0.05) is 12.1 Å². The Morgan fingerprint density at radius 1 is 1.31 bits per heavy atom. The fourth-order valence-electron chi connectivity index (χ4n) is 0.796. The number of benzene rings is 1. The van der Waals surface area contributed by atoms with Crippen molar-refractivity contribution in [2.24, 2.45) is 0 Å². The van der Waals surface area contributed by atoms with Crippen LogP contribution in [0.25, 0.3) is 0 Å². The molecule has 0 unspecified atom stereocenters. The number of halogens is 2. The fourth-order valence-corrected chi connectivity index (χ4v) is 1.31. The van der Waals surface area contributed by atoms with Crippen LogP contribution in [0.5, 0.6) is 5.75 Å². The zero-order valence-electron chi connectivity index (χ0n) is 6.62. The van der Waals surface area contributed by atoms with Gasteiger partial charge in [-0.3, -0.25) is 0 Å². The van der Waals surface area contributed by atoms with E-state index in [9.17, 15) is 16.7 Å². The summed E-state index contributed by atoms with van der Waals surface area (Å²) in [6.07, 6.45) is 0. The van der Waals surface area contributed by atoms with Gasteiger partial charge in [0.1, 0.15) is 16.5 Å². The summed E-state index contributed by atoms with van der Waals surface area (Å²) in [5.41, 5.74) is 0. The largest absolute Gasteiger partial charge is 0.497 e. The van der Waals surface area contributed by atoms with E-state index in [1.807, 2.05) is 0 Å². The van der Waals surface area contributed by atoms with Gasteiger partial charge in [-0.1, -0.05) is 0 Å². The van der Waals surface area contributed by atoms with Crippen molar-refractivity contribution in [1.29, 1.82) is 0 Å². The van der Waals surface area contributed by atoms with Gasteiger partial charge in [-0.2, -0.15) is 8.42 Å². The zero-order chi connectivity index (χ0) is 10.1. The van der Waals surface area contributed by atoms with E-state index < -0.39 is 20.9 Å². The predicted octanol–water partition coefficient (Wildman–Crippen LogP) is 1.49. The molecule has 1 aromatic carbocycles. The molecular weight excluding hydrogens is 202 g/mol. The number of methoxy groups -OCH3 is 1. The van der Waals surface area contributed by atoms with Crippen molar-refractivity contribution in [3.05, 3.63) is 24.0 Å².